The predicted octanol–water partition coefficient (Wildman–Crippen LogP) is 2.83. The molecule has 0 amide bonds. The molecule has 2 unspecified atom stereocenters. The molecule has 2 heterocycles. The van der Waals surface area contributed by atoms with Gasteiger partial charge in [-0.15, -0.1) is 0 Å². The zero-order chi connectivity index (χ0) is 16.2. The van der Waals surface area contributed by atoms with E-state index in [-0.39, 0.29) is 6.04 Å². The molecular formula is C18H27N3O2. The number of nitrogens with one attached hydrogen (secondary N) is 1. The molecule has 1 N–H and O–H groups in total. The molecule has 0 bridgehead atoms. The van der Waals surface area contributed by atoms with E-state index < -0.39 is 0 Å². The minimum Gasteiger partial charge on any atom is -0.493 e. The van der Waals surface area contributed by atoms with Gasteiger partial charge in [-0.25, -0.2) is 0 Å². The van der Waals surface area contributed by atoms with Gasteiger partial charge in [0, 0.05) is 36.7 Å². The Balaban J connectivity index is 1.89. The van der Waals surface area contributed by atoms with E-state index in [1.165, 1.54) is 5.71 Å². The van der Waals surface area contributed by atoms with Gasteiger partial charge in [0.2, 0.25) is 0 Å². The summed E-state index contributed by atoms with van der Waals surface area (Å²) >= 11 is 0. The van der Waals surface area contributed by atoms with E-state index in [9.17, 15) is 0 Å². The number of rotatable bonds is 6. The van der Waals surface area contributed by atoms with Crippen LogP contribution in [0.4, 0.5) is 0 Å². The van der Waals surface area contributed by atoms with E-state index in [0.717, 1.165) is 49.5 Å². The van der Waals surface area contributed by atoms with Gasteiger partial charge in [0.1, 0.15) is 0 Å². The number of para-hydroxylation sites is 1. The lowest BCUT2D eigenvalue weighted by atomic mass is 9.86. The Morgan fingerprint density at radius 2 is 2.22 bits per heavy atom. The fourth-order valence-electron chi connectivity index (χ4n) is 3.48. The van der Waals surface area contributed by atoms with Crippen LogP contribution >= 0.6 is 0 Å². The average molecular weight is 317 g/mol. The maximum Gasteiger partial charge on any atom is 0.166 e. The standard InChI is InChI=1S/C18H27N3O2/c1-4-11-23-18-13(7-6-8-16(18)22-3)17-14-12-21(5-2)10-9-15(14)19-20-17/h6-8,14,17,20H,4-5,9-12H2,1-3H3. The van der Waals surface area contributed by atoms with Crippen LogP contribution in [0.15, 0.2) is 23.3 Å². The third-order valence-electron chi connectivity index (χ3n) is 4.78. The SMILES string of the molecule is CCCOc1c(OC)cccc1C1NN=C2CCN(CC)CC21. The Morgan fingerprint density at radius 1 is 1.35 bits per heavy atom. The van der Waals surface area contributed by atoms with Gasteiger partial charge in [0.25, 0.3) is 0 Å². The molecule has 0 aliphatic carbocycles. The highest BCUT2D eigenvalue weighted by Gasteiger charge is 2.38. The molecule has 2 aliphatic rings. The highest BCUT2D eigenvalue weighted by molar-refractivity contribution is 5.90. The second kappa shape index (κ2) is 7.21. The van der Waals surface area contributed by atoms with Crippen molar-refractivity contribution in [2.24, 2.45) is 11.0 Å². The largest absolute Gasteiger partial charge is 0.493 e. The summed E-state index contributed by atoms with van der Waals surface area (Å²) < 4.78 is 11.5. The van der Waals surface area contributed by atoms with Crippen molar-refractivity contribution in [3.8, 4) is 11.5 Å². The minimum atomic E-state index is 0.168. The normalized spacial score (nSPS) is 23.9. The third-order valence-corrected chi connectivity index (χ3v) is 4.78. The first kappa shape index (κ1) is 16.1. The van der Waals surface area contributed by atoms with Crippen LogP contribution in [0, 0.1) is 5.92 Å². The van der Waals surface area contributed by atoms with Crippen molar-refractivity contribution in [2.75, 3.05) is 33.4 Å². The molecule has 0 radical (unpaired) electrons. The van der Waals surface area contributed by atoms with Crippen molar-refractivity contribution in [3.05, 3.63) is 23.8 Å². The number of hydrogen-bond acceptors (Lipinski definition) is 5. The lowest BCUT2D eigenvalue weighted by molar-refractivity contribution is 0.234. The topological polar surface area (TPSA) is 46.1 Å². The summed E-state index contributed by atoms with van der Waals surface area (Å²) in [6.07, 6.45) is 2.03. The van der Waals surface area contributed by atoms with Crippen molar-refractivity contribution in [1.82, 2.24) is 10.3 Å². The highest BCUT2D eigenvalue weighted by atomic mass is 16.5. The van der Waals surface area contributed by atoms with Gasteiger partial charge in [0.05, 0.1) is 19.8 Å². The molecule has 5 nitrogen and oxygen atoms in total. The predicted molar refractivity (Wildman–Crippen MR) is 92.3 cm³/mol. The van der Waals surface area contributed by atoms with Crippen LogP contribution in [0.2, 0.25) is 0 Å². The molecule has 0 spiro atoms. The molecule has 2 aliphatic heterocycles. The first-order chi connectivity index (χ1) is 11.3. The van der Waals surface area contributed by atoms with Crippen molar-refractivity contribution in [1.29, 1.82) is 0 Å². The van der Waals surface area contributed by atoms with Crippen molar-refractivity contribution >= 4 is 5.71 Å². The summed E-state index contributed by atoms with van der Waals surface area (Å²) in [5.74, 6) is 2.08. The molecule has 5 heteroatoms. The molecule has 1 saturated heterocycles. The number of fused-ring (bicyclic) bond motifs is 1. The van der Waals surface area contributed by atoms with Gasteiger partial charge >= 0.3 is 0 Å². The van der Waals surface area contributed by atoms with Crippen LogP contribution < -0.4 is 14.9 Å². The molecule has 23 heavy (non-hydrogen) atoms. The zero-order valence-corrected chi connectivity index (χ0v) is 14.3. The fraction of sp³-hybridized carbons (Fsp3) is 0.611. The van der Waals surface area contributed by atoms with Crippen molar-refractivity contribution in [3.63, 3.8) is 0 Å². The quantitative estimate of drug-likeness (QED) is 0.876. The minimum absolute atomic E-state index is 0.168. The van der Waals surface area contributed by atoms with Crippen LogP contribution in [-0.4, -0.2) is 44.0 Å². The van der Waals surface area contributed by atoms with Gasteiger partial charge in [0.15, 0.2) is 11.5 Å². The number of nitrogens with zero attached hydrogens (tertiary/aromatic N) is 2. The smallest absolute Gasteiger partial charge is 0.166 e. The Bertz CT molecular complexity index is 573. The van der Waals surface area contributed by atoms with Gasteiger partial charge in [-0.2, -0.15) is 5.10 Å². The lowest BCUT2D eigenvalue weighted by Gasteiger charge is -2.33. The molecule has 1 aromatic rings. The molecule has 1 fully saturated rings. The summed E-state index contributed by atoms with van der Waals surface area (Å²) in [4.78, 5) is 2.50. The third kappa shape index (κ3) is 3.15. The maximum absolute atomic E-state index is 6.02. The van der Waals surface area contributed by atoms with Crippen LogP contribution in [-0.2, 0) is 0 Å². The zero-order valence-electron chi connectivity index (χ0n) is 14.3. The van der Waals surface area contributed by atoms with Crippen molar-refractivity contribution in [2.45, 2.75) is 32.7 Å². The number of piperidine rings is 1. The first-order valence-corrected chi connectivity index (χ1v) is 8.62. The number of likely N-dealkylation sites (tertiary alicyclic amines) is 1. The van der Waals surface area contributed by atoms with Crippen LogP contribution in [0.5, 0.6) is 11.5 Å². The fourth-order valence-corrected chi connectivity index (χ4v) is 3.48. The average Bonchev–Trinajstić information content (AvgIpc) is 3.02. The Hall–Kier alpha value is -1.75. The molecule has 126 valence electrons. The van der Waals surface area contributed by atoms with E-state index in [2.05, 4.69) is 35.3 Å². The van der Waals surface area contributed by atoms with E-state index in [1.807, 2.05) is 12.1 Å². The Labute approximate surface area is 138 Å². The van der Waals surface area contributed by atoms with E-state index >= 15 is 0 Å². The number of hydrazone groups is 1. The van der Waals surface area contributed by atoms with Crippen molar-refractivity contribution < 1.29 is 9.47 Å². The molecular weight excluding hydrogens is 290 g/mol. The van der Waals surface area contributed by atoms with Gasteiger partial charge < -0.3 is 19.8 Å². The van der Waals surface area contributed by atoms with Gasteiger partial charge in [-0.05, 0) is 19.0 Å². The maximum atomic E-state index is 6.02. The number of ether oxygens (including phenoxy) is 2. The van der Waals surface area contributed by atoms with E-state index in [0.29, 0.717) is 12.5 Å². The highest BCUT2D eigenvalue weighted by Crippen LogP contribution is 2.41. The van der Waals surface area contributed by atoms with Crippen LogP contribution in [0.1, 0.15) is 38.3 Å². The van der Waals surface area contributed by atoms with Gasteiger partial charge in [-0.3, -0.25) is 0 Å². The van der Waals surface area contributed by atoms with E-state index in [1.54, 1.807) is 7.11 Å². The summed E-state index contributed by atoms with van der Waals surface area (Å²) in [5.41, 5.74) is 5.80. The molecule has 3 rings (SSSR count). The second-order valence-electron chi connectivity index (χ2n) is 6.19. The van der Waals surface area contributed by atoms with E-state index in [4.69, 9.17) is 9.47 Å². The first-order valence-electron chi connectivity index (χ1n) is 8.62. The lowest BCUT2D eigenvalue weighted by Crippen LogP contribution is -2.41. The Morgan fingerprint density at radius 3 is 2.96 bits per heavy atom. The molecule has 0 saturated carbocycles. The molecule has 1 aromatic carbocycles. The molecule has 2 atom stereocenters. The monoisotopic (exact) mass is 317 g/mol. The number of hydrogen-bond donors (Lipinski definition) is 1. The summed E-state index contributed by atoms with van der Waals surface area (Å²) in [6.45, 7) is 8.29. The summed E-state index contributed by atoms with van der Waals surface area (Å²) in [5, 5.41) is 4.60. The Kier molecular flexibility index (Phi) is 5.06. The van der Waals surface area contributed by atoms with Crippen LogP contribution in [0.25, 0.3) is 0 Å². The summed E-state index contributed by atoms with van der Waals surface area (Å²) in [7, 11) is 1.70. The number of methoxy groups -OCH3 is 1. The van der Waals surface area contributed by atoms with Gasteiger partial charge in [-0.1, -0.05) is 26.0 Å². The summed E-state index contributed by atoms with van der Waals surface area (Å²) in [6, 6.07) is 6.30. The molecule has 0 aromatic heterocycles. The van der Waals surface area contributed by atoms with Crippen LogP contribution in [0.3, 0.4) is 0 Å². The second-order valence-corrected chi connectivity index (χ2v) is 6.19. The number of benzene rings is 1.